The summed E-state index contributed by atoms with van der Waals surface area (Å²) in [5.41, 5.74) is 0.622. The molecule has 1 N–H and O–H groups in total. The third-order valence-corrected chi connectivity index (χ3v) is 4.17. The van der Waals surface area contributed by atoms with Gasteiger partial charge in [-0.1, -0.05) is 25.0 Å². The van der Waals surface area contributed by atoms with E-state index < -0.39 is 11.4 Å². The average molecular weight is 260 g/mol. The first-order valence-electron chi connectivity index (χ1n) is 6.47. The molecule has 1 aromatic carbocycles. The number of carboxylic acids is 1. The van der Waals surface area contributed by atoms with Gasteiger partial charge in [0.25, 0.3) is 0 Å². The van der Waals surface area contributed by atoms with Crippen LogP contribution in [0.1, 0.15) is 31.2 Å². The van der Waals surface area contributed by atoms with Gasteiger partial charge >= 0.3 is 5.97 Å². The van der Waals surface area contributed by atoms with Gasteiger partial charge in [0.1, 0.15) is 0 Å². The number of methoxy groups -OCH3 is 1. The van der Waals surface area contributed by atoms with E-state index in [9.17, 15) is 9.90 Å². The number of carboxylic acid groups (broad SMARTS) is 1. The molecule has 1 fully saturated rings. The molecule has 0 amide bonds. The van der Waals surface area contributed by atoms with Crippen molar-refractivity contribution in [3.63, 3.8) is 0 Å². The Hall–Kier alpha value is -1.97. The molecule has 4 nitrogen and oxygen atoms in total. The third kappa shape index (κ3) is 1.63. The van der Waals surface area contributed by atoms with E-state index in [0.717, 1.165) is 23.8 Å². The Morgan fingerprint density at radius 2 is 2.11 bits per heavy atom. The van der Waals surface area contributed by atoms with Crippen molar-refractivity contribution in [3.8, 4) is 5.75 Å². The fraction of sp³-hybridized carbons (Fsp3) is 0.400. The van der Waals surface area contributed by atoms with Gasteiger partial charge in [-0.15, -0.1) is 0 Å². The molecule has 100 valence electrons. The number of fused-ring (bicyclic) bond motifs is 1. The lowest BCUT2D eigenvalue weighted by Gasteiger charge is -2.22. The first-order valence-corrected chi connectivity index (χ1v) is 6.47. The molecule has 0 bridgehead atoms. The highest BCUT2D eigenvalue weighted by Crippen LogP contribution is 2.45. The first-order chi connectivity index (χ1) is 9.19. The lowest BCUT2D eigenvalue weighted by Crippen LogP contribution is -2.32. The number of ether oxygens (including phenoxy) is 1. The zero-order chi connectivity index (χ0) is 13.5. The maximum Gasteiger partial charge on any atom is 0.314 e. The monoisotopic (exact) mass is 260 g/mol. The molecule has 0 unspecified atom stereocenters. The summed E-state index contributed by atoms with van der Waals surface area (Å²) >= 11 is 0. The van der Waals surface area contributed by atoms with Crippen molar-refractivity contribution in [2.45, 2.75) is 31.1 Å². The zero-order valence-electron chi connectivity index (χ0n) is 10.8. The molecule has 0 spiro atoms. The maximum absolute atomic E-state index is 11.7. The van der Waals surface area contributed by atoms with Crippen molar-refractivity contribution in [1.82, 2.24) is 0 Å². The summed E-state index contributed by atoms with van der Waals surface area (Å²) < 4.78 is 10.8. The van der Waals surface area contributed by atoms with Crippen LogP contribution in [-0.2, 0) is 10.2 Å². The summed E-state index contributed by atoms with van der Waals surface area (Å²) in [6.07, 6.45) is 4.83. The molecule has 1 aliphatic rings. The molecule has 19 heavy (non-hydrogen) atoms. The largest absolute Gasteiger partial charge is 0.493 e. The first kappa shape index (κ1) is 12.1. The average Bonchev–Trinajstić information content (AvgIpc) is 3.04. The van der Waals surface area contributed by atoms with Crippen LogP contribution in [0.15, 0.2) is 28.9 Å². The highest BCUT2D eigenvalue weighted by atomic mass is 16.5. The fourth-order valence-corrected chi connectivity index (χ4v) is 3.14. The number of hydrogen-bond acceptors (Lipinski definition) is 3. The Morgan fingerprint density at radius 1 is 1.37 bits per heavy atom. The zero-order valence-corrected chi connectivity index (χ0v) is 10.8. The Bertz CT molecular complexity index is 620. The minimum absolute atomic E-state index is 0.632. The van der Waals surface area contributed by atoms with Gasteiger partial charge in [-0.2, -0.15) is 0 Å². The van der Waals surface area contributed by atoms with E-state index in [-0.39, 0.29) is 0 Å². The highest BCUT2D eigenvalue weighted by Gasteiger charge is 2.45. The molecule has 4 heteroatoms. The lowest BCUT2D eigenvalue weighted by atomic mass is 9.79. The van der Waals surface area contributed by atoms with E-state index in [1.54, 1.807) is 13.4 Å². The van der Waals surface area contributed by atoms with E-state index in [4.69, 9.17) is 9.15 Å². The van der Waals surface area contributed by atoms with E-state index in [1.807, 2.05) is 18.2 Å². The molecule has 1 saturated carbocycles. The molecular weight excluding hydrogens is 244 g/mol. The number of carbonyl (C=O) groups is 1. The van der Waals surface area contributed by atoms with Crippen LogP contribution < -0.4 is 4.74 Å². The second kappa shape index (κ2) is 4.30. The van der Waals surface area contributed by atoms with Crippen molar-refractivity contribution in [3.05, 3.63) is 30.0 Å². The van der Waals surface area contributed by atoms with Crippen LogP contribution in [0.5, 0.6) is 5.75 Å². The number of furan rings is 1. The number of para-hydroxylation sites is 1. The van der Waals surface area contributed by atoms with Crippen molar-refractivity contribution in [2.24, 2.45) is 0 Å². The van der Waals surface area contributed by atoms with E-state index in [1.165, 1.54) is 0 Å². The molecule has 1 aliphatic carbocycles. The second-order valence-electron chi connectivity index (χ2n) is 5.08. The molecule has 0 aliphatic heterocycles. The number of rotatable bonds is 3. The summed E-state index contributed by atoms with van der Waals surface area (Å²) in [4.78, 5) is 11.7. The number of benzene rings is 1. The van der Waals surface area contributed by atoms with Gasteiger partial charge in [0.05, 0.1) is 18.8 Å². The molecule has 1 aromatic heterocycles. The molecule has 1 heterocycles. The van der Waals surface area contributed by atoms with Crippen LogP contribution in [0, 0.1) is 0 Å². The topological polar surface area (TPSA) is 59.7 Å². The van der Waals surface area contributed by atoms with Gasteiger partial charge < -0.3 is 14.3 Å². The van der Waals surface area contributed by atoms with Gasteiger partial charge in [-0.3, -0.25) is 4.79 Å². The normalized spacial score (nSPS) is 17.7. The molecular formula is C15H16O4. The predicted octanol–water partition coefficient (Wildman–Crippen LogP) is 3.34. The van der Waals surface area contributed by atoms with Crippen LogP contribution >= 0.6 is 0 Å². The summed E-state index contributed by atoms with van der Waals surface area (Å²) in [7, 11) is 1.58. The Balaban J connectivity index is 2.23. The van der Waals surface area contributed by atoms with Crippen molar-refractivity contribution < 1.29 is 19.1 Å². The van der Waals surface area contributed by atoms with Crippen LogP contribution in [0.3, 0.4) is 0 Å². The number of aliphatic carboxylic acids is 1. The second-order valence-corrected chi connectivity index (χ2v) is 5.08. The van der Waals surface area contributed by atoms with Gasteiger partial charge in [0.15, 0.2) is 11.3 Å². The van der Waals surface area contributed by atoms with Crippen molar-refractivity contribution in [2.75, 3.05) is 7.11 Å². The number of hydrogen-bond donors (Lipinski definition) is 1. The van der Waals surface area contributed by atoms with Gasteiger partial charge in [0, 0.05) is 10.9 Å². The van der Waals surface area contributed by atoms with Crippen molar-refractivity contribution in [1.29, 1.82) is 0 Å². The smallest absolute Gasteiger partial charge is 0.314 e. The van der Waals surface area contributed by atoms with E-state index in [2.05, 4.69) is 0 Å². The van der Waals surface area contributed by atoms with Crippen LogP contribution in [0.25, 0.3) is 11.0 Å². The summed E-state index contributed by atoms with van der Waals surface area (Å²) in [6, 6.07) is 5.59. The summed E-state index contributed by atoms with van der Waals surface area (Å²) in [5.74, 6) is -0.113. The molecule has 0 saturated heterocycles. The Morgan fingerprint density at radius 3 is 2.74 bits per heavy atom. The van der Waals surface area contributed by atoms with Crippen molar-refractivity contribution >= 4 is 16.9 Å². The molecule has 0 atom stereocenters. The fourth-order valence-electron chi connectivity index (χ4n) is 3.14. The van der Waals surface area contributed by atoms with Gasteiger partial charge in [-0.25, -0.2) is 0 Å². The lowest BCUT2D eigenvalue weighted by molar-refractivity contribution is -0.143. The molecule has 2 aromatic rings. The third-order valence-electron chi connectivity index (χ3n) is 4.17. The van der Waals surface area contributed by atoms with Gasteiger partial charge in [0.2, 0.25) is 0 Å². The van der Waals surface area contributed by atoms with E-state index >= 15 is 0 Å². The van der Waals surface area contributed by atoms with Crippen LogP contribution in [0.2, 0.25) is 0 Å². The molecule has 3 rings (SSSR count). The SMILES string of the molecule is COc1cccc2c(C3(C(=O)O)CCCC3)coc12. The van der Waals surface area contributed by atoms with Crippen LogP contribution in [0.4, 0.5) is 0 Å². The standard InChI is InChI=1S/C15H16O4/c1-18-12-6-4-5-10-11(9-19-13(10)12)15(14(16)17)7-2-3-8-15/h4-6,9H,2-3,7-8H2,1H3,(H,16,17). The Labute approximate surface area is 111 Å². The minimum Gasteiger partial charge on any atom is -0.493 e. The minimum atomic E-state index is -0.794. The Kier molecular flexibility index (Phi) is 2.73. The van der Waals surface area contributed by atoms with E-state index in [0.29, 0.717) is 24.2 Å². The maximum atomic E-state index is 11.7. The summed E-state index contributed by atoms with van der Waals surface area (Å²) in [6.45, 7) is 0. The summed E-state index contributed by atoms with van der Waals surface area (Å²) in [5, 5.41) is 10.5. The molecule has 0 radical (unpaired) electrons. The predicted molar refractivity (Wildman–Crippen MR) is 70.5 cm³/mol. The highest BCUT2D eigenvalue weighted by molar-refractivity contribution is 5.93. The van der Waals surface area contributed by atoms with Gasteiger partial charge in [-0.05, 0) is 18.9 Å². The van der Waals surface area contributed by atoms with Crippen LogP contribution in [-0.4, -0.2) is 18.2 Å². The quantitative estimate of drug-likeness (QED) is 0.919.